The molecular formula is C15H11BrClNO2. The van der Waals surface area contributed by atoms with Crippen LogP contribution in [0.2, 0.25) is 5.02 Å². The number of nitriles is 1. The lowest BCUT2D eigenvalue weighted by Gasteiger charge is -2.10. The van der Waals surface area contributed by atoms with Crippen LogP contribution in [-0.2, 0) is 6.61 Å². The first-order chi connectivity index (χ1) is 9.63. The zero-order chi connectivity index (χ0) is 14.5. The molecule has 0 radical (unpaired) electrons. The van der Waals surface area contributed by atoms with E-state index in [1.807, 2.05) is 12.1 Å². The van der Waals surface area contributed by atoms with Gasteiger partial charge in [0.05, 0.1) is 17.7 Å². The highest BCUT2D eigenvalue weighted by atomic mass is 79.9. The molecule has 0 unspecified atom stereocenters. The Balaban J connectivity index is 2.15. The predicted molar refractivity (Wildman–Crippen MR) is 81.2 cm³/mol. The highest BCUT2D eigenvalue weighted by Gasteiger charge is 2.06. The molecular weight excluding hydrogens is 342 g/mol. The molecule has 0 aliphatic heterocycles. The van der Waals surface area contributed by atoms with Gasteiger partial charge < -0.3 is 9.47 Å². The van der Waals surface area contributed by atoms with Crippen molar-refractivity contribution in [3.05, 3.63) is 57.0 Å². The Morgan fingerprint density at radius 2 is 2.00 bits per heavy atom. The average molecular weight is 353 g/mol. The maximum atomic E-state index is 9.04. The first-order valence-electron chi connectivity index (χ1n) is 5.79. The second-order valence-electron chi connectivity index (χ2n) is 4.01. The highest BCUT2D eigenvalue weighted by molar-refractivity contribution is 9.10. The fourth-order valence-electron chi connectivity index (χ4n) is 1.68. The summed E-state index contributed by atoms with van der Waals surface area (Å²) < 4.78 is 11.7. The Labute approximate surface area is 130 Å². The lowest BCUT2D eigenvalue weighted by Crippen LogP contribution is -1.97. The summed E-state index contributed by atoms with van der Waals surface area (Å²) in [6, 6.07) is 12.8. The normalized spacial score (nSPS) is 9.90. The first kappa shape index (κ1) is 14.7. The van der Waals surface area contributed by atoms with Crippen molar-refractivity contribution in [3.8, 4) is 17.6 Å². The number of methoxy groups -OCH3 is 1. The maximum Gasteiger partial charge on any atom is 0.139 e. The van der Waals surface area contributed by atoms with E-state index in [1.54, 1.807) is 24.3 Å². The Hall–Kier alpha value is -1.70. The van der Waals surface area contributed by atoms with Crippen LogP contribution in [0, 0.1) is 11.3 Å². The second kappa shape index (κ2) is 6.65. The third-order valence-corrected chi connectivity index (χ3v) is 3.48. The van der Waals surface area contributed by atoms with Crippen molar-refractivity contribution in [1.82, 2.24) is 0 Å². The molecule has 0 saturated carbocycles. The Kier molecular flexibility index (Phi) is 4.89. The van der Waals surface area contributed by atoms with Crippen LogP contribution in [0.25, 0.3) is 0 Å². The van der Waals surface area contributed by atoms with Crippen LogP contribution in [-0.4, -0.2) is 7.11 Å². The van der Waals surface area contributed by atoms with Crippen LogP contribution in [0.3, 0.4) is 0 Å². The maximum absolute atomic E-state index is 9.04. The standard InChI is InChI=1S/C15H11BrClNO2/c1-19-14-5-2-10(6-11(14)8-18)9-20-15-7-12(16)3-4-13(15)17/h2-7H,9H2,1H3. The molecule has 2 aromatic rings. The molecule has 20 heavy (non-hydrogen) atoms. The van der Waals surface area contributed by atoms with Crippen LogP contribution in [0.1, 0.15) is 11.1 Å². The lowest BCUT2D eigenvalue weighted by molar-refractivity contribution is 0.306. The second-order valence-corrected chi connectivity index (χ2v) is 5.33. The third-order valence-electron chi connectivity index (χ3n) is 2.67. The molecule has 2 rings (SSSR count). The van der Waals surface area contributed by atoms with Gasteiger partial charge in [0.25, 0.3) is 0 Å². The van der Waals surface area contributed by atoms with E-state index < -0.39 is 0 Å². The third kappa shape index (κ3) is 3.44. The van der Waals surface area contributed by atoms with Crippen LogP contribution in [0.4, 0.5) is 0 Å². The summed E-state index contributed by atoms with van der Waals surface area (Å²) in [6.45, 7) is 0.328. The summed E-state index contributed by atoms with van der Waals surface area (Å²) in [5.41, 5.74) is 1.35. The van der Waals surface area contributed by atoms with Crippen molar-refractivity contribution in [2.45, 2.75) is 6.61 Å². The zero-order valence-corrected chi connectivity index (χ0v) is 13.0. The van der Waals surface area contributed by atoms with E-state index in [2.05, 4.69) is 22.0 Å². The minimum Gasteiger partial charge on any atom is -0.495 e. The van der Waals surface area contributed by atoms with Gasteiger partial charge in [-0.2, -0.15) is 5.26 Å². The Bertz CT molecular complexity index is 667. The van der Waals surface area contributed by atoms with Crippen LogP contribution >= 0.6 is 27.5 Å². The molecule has 2 aromatic carbocycles. The summed E-state index contributed by atoms with van der Waals surface area (Å²) in [5, 5.41) is 9.59. The summed E-state index contributed by atoms with van der Waals surface area (Å²) in [6.07, 6.45) is 0. The predicted octanol–water partition coefficient (Wildman–Crippen LogP) is 4.56. The number of halogens is 2. The van der Waals surface area contributed by atoms with Crippen molar-refractivity contribution in [3.63, 3.8) is 0 Å². The van der Waals surface area contributed by atoms with Crippen LogP contribution < -0.4 is 9.47 Å². The number of ether oxygens (including phenoxy) is 2. The van der Waals surface area contributed by atoms with E-state index in [0.717, 1.165) is 10.0 Å². The van der Waals surface area contributed by atoms with Crippen LogP contribution in [0.15, 0.2) is 40.9 Å². The van der Waals surface area contributed by atoms with Gasteiger partial charge in [-0.25, -0.2) is 0 Å². The molecule has 0 aliphatic rings. The minimum atomic E-state index is 0.328. The summed E-state index contributed by atoms with van der Waals surface area (Å²) in [7, 11) is 1.54. The van der Waals surface area contributed by atoms with Crippen molar-refractivity contribution in [1.29, 1.82) is 5.26 Å². The molecule has 102 valence electrons. The van der Waals surface area contributed by atoms with Crippen molar-refractivity contribution in [2.75, 3.05) is 7.11 Å². The number of benzene rings is 2. The first-order valence-corrected chi connectivity index (χ1v) is 6.96. The van der Waals surface area contributed by atoms with E-state index in [4.69, 9.17) is 26.3 Å². The highest BCUT2D eigenvalue weighted by Crippen LogP contribution is 2.29. The molecule has 0 amide bonds. The number of hydrogen-bond donors (Lipinski definition) is 0. The molecule has 0 bridgehead atoms. The van der Waals surface area contributed by atoms with Gasteiger partial charge in [0, 0.05) is 4.47 Å². The summed E-state index contributed by atoms with van der Waals surface area (Å²) in [4.78, 5) is 0. The largest absolute Gasteiger partial charge is 0.495 e. The molecule has 0 saturated heterocycles. The summed E-state index contributed by atoms with van der Waals surface area (Å²) in [5.74, 6) is 1.15. The molecule has 0 spiro atoms. The number of hydrogen-bond acceptors (Lipinski definition) is 3. The van der Waals surface area contributed by atoms with Gasteiger partial charge in [0.1, 0.15) is 24.2 Å². The molecule has 3 nitrogen and oxygen atoms in total. The van der Waals surface area contributed by atoms with Gasteiger partial charge in [-0.15, -0.1) is 0 Å². The topological polar surface area (TPSA) is 42.2 Å². The Morgan fingerprint density at radius 3 is 2.70 bits per heavy atom. The van der Waals surface area contributed by atoms with Gasteiger partial charge in [0.2, 0.25) is 0 Å². The molecule has 5 heteroatoms. The minimum absolute atomic E-state index is 0.328. The van der Waals surface area contributed by atoms with Gasteiger partial charge >= 0.3 is 0 Å². The van der Waals surface area contributed by atoms with E-state index in [1.165, 1.54) is 7.11 Å². The van der Waals surface area contributed by atoms with Crippen molar-refractivity contribution in [2.24, 2.45) is 0 Å². The SMILES string of the molecule is COc1ccc(COc2cc(Br)ccc2Cl)cc1C#N. The van der Waals surface area contributed by atoms with Gasteiger partial charge in [-0.05, 0) is 35.9 Å². The average Bonchev–Trinajstić information content (AvgIpc) is 2.47. The van der Waals surface area contributed by atoms with E-state index >= 15 is 0 Å². The molecule has 0 atom stereocenters. The fourth-order valence-corrected chi connectivity index (χ4v) is 2.19. The van der Waals surface area contributed by atoms with Crippen molar-refractivity contribution < 1.29 is 9.47 Å². The summed E-state index contributed by atoms with van der Waals surface area (Å²) >= 11 is 9.42. The zero-order valence-electron chi connectivity index (χ0n) is 10.7. The number of rotatable bonds is 4. The van der Waals surface area contributed by atoms with Gasteiger partial charge in [-0.1, -0.05) is 33.6 Å². The Morgan fingerprint density at radius 1 is 1.20 bits per heavy atom. The van der Waals surface area contributed by atoms with E-state index in [0.29, 0.717) is 28.7 Å². The van der Waals surface area contributed by atoms with E-state index in [9.17, 15) is 0 Å². The van der Waals surface area contributed by atoms with Crippen molar-refractivity contribution >= 4 is 27.5 Å². The molecule has 0 N–H and O–H groups in total. The fraction of sp³-hybridized carbons (Fsp3) is 0.133. The van der Waals surface area contributed by atoms with Gasteiger partial charge in [0.15, 0.2) is 0 Å². The monoisotopic (exact) mass is 351 g/mol. The van der Waals surface area contributed by atoms with Crippen LogP contribution in [0.5, 0.6) is 11.5 Å². The van der Waals surface area contributed by atoms with Gasteiger partial charge in [-0.3, -0.25) is 0 Å². The molecule has 0 aliphatic carbocycles. The quantitative estimate of drug-likeness (QED) is 0.810. The lowest BCUT2D eigenvalue weighted by atomic mass is 10.1. The molecule has 0 fully saturated rings. The molecule has 0 heterocycles. The number of nitrogens with zero attached hydrogens (tertiary/aromatic N) is 1. The van der Waals surface area contributed by atoms with E-state index in [-0.39, 0.29) is 0 Å². The smallest absolute Gasteiger partial charge is 0.139 e. The molecule has 0 aromatic heterocycles.